The summed E-state index contributed by atoms with van der Waals surface area (Å²) in [6, 6.07) is 1.75. The van der Waals surface area contributed by atoms with Crippen LogP contribution in [0.1, 0.15) is 19.8 Å². The second-order valence-electron chi connectivity index (χ2n) is 4.28. The highest BCUT2D eigenvalue weighted by Gasteiger charge is 2.36. The van der Waals surface area contributed by atoms with Gasteiger partial charge in [0.2, 0.25) is 0 Å². The maximum atomic E-state index is 12.5. The second kappa shape index (κ2) is 4.97. The van der Waals surface area contributed by atoms with Crippen molar-refractivity contribution in [3.63, 3.8) is 0 Å². The molecule has 0 saturated carbocycles. The molecule has 1 aromatic heterocycles. The van der Waals surface area contributed by atoms with Crippen LogP contribution in [0.4, 0.5) is 0 Å². The van der Waals surface area contributed by atoms with Crippen molar-refractivity contribution in [3.8, 4) is 0 Å². The zero-order valence-electron chi connectivity index (χ0n) is 9.47. The number of nitrogens with zero attached hydrogens (tertiary/aromatic N) is 1. The smallest absolute Gasteiger partial charge is 0.255 e. The maximum absolute atomic E-state index is 12.5. The summed E-state index contributed by atoms with van der Waals surface area (Å²) in [7, 11) is -3.45. The van der Waals surface area contributed by atoms with Gasteiger partial charge in [-0.15, -0.1) is 11.3 Å². The standard InChI is InChI=1S/C10H15BrN2O2S2/c1-7-3-2-5-13(9(7)12)17(14,15)10-8(11)4-6-16-10/h4,6-7,9H,2-3,5,12H2,1H3. The van der Waals surface area contributed by atoms with Gasteiger partial charge < -0.3 is 5.73 Å². The molecule has 0 aromatic carbocycles. The predicted octanol–water partition coefficient (Wildman–Crippen LogP) is 2.22. The molecule has 2 N–H and O–H groups in total. The zero-order valence-corrected chi connectivity index (χ0v) is 12.7. The lowest BCUT2D eigenvalue weighted by molar-refractivity contribution is 0.192. The fraction of sp³-hybridized carbons (Fsp3) is 0.600. The van der Waals surface area contributed by atoms with Gasteiger partial charge in [-0.25, -0.2) is 8.42 Å². The highest BCUT2D eigenvalue weighted by Crippen LogP contribution is 2.33. The molecular formula is C10H15BrN2O2S2. The van der Waals surface area contributed by atoms with Crippen molar-refractivity contribution in [1.29, 1.82) is 0 Å². The van der Waals surface area contributed by atoms with Crippen LogP contribution in [-0.4, -0.2) is 25.4 Å². The minimum Gasteiger partial charge on any atom is -0.315 e. The van der Waals surface area contributed by atoms with Gasteiger partial charge in [-0.3, -0.25) is 0 Å². The van der Waals surface area contributed by atoms with Gasteiger partial charge >= 0.3 is 0 Å². The minimum atomic E-state index is -3.45. The quantitative estimate of drug-likeness (QED) is 0.899. The fourth-order valence-electron chi connectivity index (χ4n) is 2.02. The summed E-state index contributed by atoms with van der Waals surface area (Å²) in [5.74, 6) is 0.206. The summed E-state index contributed by atoms with van der Waals surface area (Å²) in [6.07, 6.45) is 1.44. The highest BCUT2D eigenvalue weighted by atomic mass is 79.9. The molecule has 2 unspecified atom stereocenters. The Kier molecular flexibility index (Phi) is 3.94. The number of rotatable bonds is 2. The Bertz CT molecular complexity index is 500. The molecule has 2 rings (SSSR count). The van der Waals surface area contributed by atoms with E-state index >= 15 is 0 Å². The molecule has 1 aromatic rings. The van der Waals surface area contributed by atoms with Gasteiger partial charge in [-0.1, -0.05) is 6.92 Å². The first-order chi connectivity index (χ1) is 7.94. The van der Waals surface area contributed by atoms with Crippen molar-refractivity contribution < 1.29 is 8.42 Å². The van der Waals surface area contributed by atoms with Crippen molar-refractivity contribution in [3.05, 3.63) is 15.9 Å². The summed E-state index contributed by atoms with van der Waals surface area (Å²) in [5.41, 5.74) is 6.00. The van der Waals surface area contributed by atoms with Crippen molar-refractivity contribution in [2.75, 3.05) is 6.54 Å². The van der Waals surface area contributed by atoms with Crippen LogP contribution in [0.25, 0.3) is 0 Å². The lowest BCUT2D eigenvalue weighted by Crippen LogP contribution is -2.52. The van der Waals surface area contributed by atoms with Crippen LogP contribution in [0, 0.1) is 5.92 Å². The second-order valence-corrected chi connectivity index (χ2v) is 8.14. The summed E-state index contributed by atoms with van der Waals surface area (Å²) in [5, 5.41) is 1.76. The van der Waals surface area contributed by atoms with Gasteiger partial charge in [-0.05, 0) is 46.1 Å². The Morgan fingerprint density at radius 1 is 1.59 bits per heavy atom. The largest absolute Gasteiger partial charge is 0.315 e. The third kappa shape index (κ3) is 2.44. The van der Waals surface area contributed by atoms with Gasteiger partial charge in [0.05, 0.1) is 6.17 Å². The first-order valence-electron chi connectivity index (χ1n) is 5.45. The van der Waals surface area contributed by atoms with E-state index in [1.165, 1.54) is 15.6 Å². The molecule has 2 atom stereocenters. The molecule has 1 aliphatic rings. The molecule has 4 nitrogen and oxygen atoms in total. The molecule has 17 heavy (non-hydrogen) atoms. The maximum Gasteiger partial charge on any atom is 0.255 e. The number of thiophene rings is 1. The Morgan fingerprint density at radius 3 is 2.88 bits per heavy atom. The van der Waals surface area contributed by atoms with Crippen LogP contribution in [0.2, 0.25) is 0 Å². The van der Waals surface area contributed by atoms with E-state index in [1.54, 1.807) is 11.4 Å². The molecule has 1 aliphatic heterocycles. The average molecular weight is 339 g/mol. The first kappa shape index (κ1) is 13.5. The Morgan fingerprint density at radius 2 is 2.29 bits per heavy atom. The van der Waals surface area contributed by atoms with E-state index in [4.69, 9.17) is 5.73 Å². The molecular weight excluding hydrogens is 324 g/mol. The summed E-state index contributed by atoms with van der Waals surface area (Å²) in [4.78, 5) is 0. The molecule has 1 saturated heterocycles. The van der Waals surface area contributed by atoms with E-state index in [0.29, 0.717) is 15.2 Å². The number of hydrogen-bond acceptors (Lipinski definition) is 4. The third-order valence-electron chi connectivity index (χ3n) is 3.08. The van der Waals surface area contributed by atoms with Crippen LogP contribution in [0.15, 0.2) is 20.1 Å². The van der Waals surface area contributed by atoms with E-state index in [9.17, 15) is 8.42 Å². The van der Waals surface area contributed by atoms with E-state index in [1.807, 2.05) is 6.92 Å². The molecule has 0 bridgehead atoms. The van der Waals surface area contributed by atoms with Crippen molar-refractivity contribution in [1.82, 2.24) is 4.31 Å². The number of sulfonamides is 1. The van der Waals surface area contributed by atoms with E-state index in [-0.39, 0.29) is 5.92 Å². The van der Waals surface area contributed by atoms with Crippen molar-refractivity contribution in [2.45, 2.75) is 30.1 Å². The van der Waals surface area contributed by atoms with E-state index in [2.05, 4.69) is 15.9 Å². The SMILES string of the molecule is CC1CCCN(S(=O)(=O)c2sccc2Br)C1N. The first-order valence-corrected chi connectivity index (χ1v) is 8.56. The van der Waals surface area contributed by atoms with Gasteiger partial charge in [0.15, 0.2) is 0 Å². The van der Waals surface area contributed by atoms with Crippen LogP contribution in [0.5, 0.6) is 0 Å². The van der Waals surface area contributed by atoms with Gasteiger partial charge in [0.25, 0.3) is 10.0 Å². The molecule has 0 amide bonds. The van der Waals surface area contributed by atoms with E-state index < -0.39 is 16.2 Å². The molecule has 96 valence electrons. The van der Waals surface area contributed by atoms with Crippen LogP contribution in [0.3, 0.4) is 0 Å². The Labute approximate surface area is 114 Å². The average Bonchev–Trinajstić information content (AvgIpc) is 2.69. The topological polar surface area (TPSA) is 63.4 Å². The number of hydrogen-bond donors (Lipinski definition) is 1. The predicted molar refractivity (Wildman–Crippen MR) is 72.3 cm³/mol. The van der Waals surface area contributed by atoms with Crippen LogP contribution in [-0.2, 0) is 10.0 Å². The highest BCUT2D eigenvalue weighted by molar-refractivity contribution is 9.10. The van der Waals surface area contributed by atoms with E-state index in [0.717, 1.165) is 12.8 Å². The lowest BCUT2D eigenvalue weighted by atomic mass is 9.99. The summed E-state index contributed by atoms with van der Waals surface area (Å²) >= 11 is 4.49. The van der Waals surface area contributed by atoms with Crippen LogP contribution >= 0.6 is 27.3 Å². The van der Waals surface area contributed by atoms with Gasteiger partial charge in [0, 0.05) is 11.0 Å². The lowest BCUT2D eigenvalue weighted by Gasteiger charge is -2.36. The minimum absolute atomic E-state index is 0.206. The Hall–Kier alpha value is 0.0500. The number of halogens is 1. The van der Waals surface area contributed by atoms with Gasteiger partial charge in [0.1, 0.15) is 4.21 Å². The zero-order chi connectivity index (χ0) is 12.6. The molecule has 2 heterocycles. The third-order valence-corrected chi connectivity index (χ3v) is 7.63. The monoisotopic (exact) mass is 338 g/mol. The van der Waals surface area contributed by atoms with Crippen molar-refractivity contribution in [2.24, 2.45) is 11.7 Å². The normalized spacial score (nSPS) is 27.2. The summed E-state index contributed by atoms with van der Waals surface area (Å²) < 4.78 is 27.3. The molecule has 0 radical (unpaired) electrons. The number of piperidine rings is 1. The molecule has 7 heteroatoms. The van der Waals surface area contributed by atoms with Crippen LogP contribution < -0.4 is 5.73 Å². The Balaban J connectivity index is 2.36. The van der Waals surface area contributed by atoms with Gasteiger partial charge in [-0.2, -0.15) is 4.31 Å². The fourth-order valence-corrected chi connectivity index (χ4v) is 6.10. The molecule has 0 aliphatic carbocycles. The number of nitrogens with two attached hydrogens (primary N) is 1. The molecule has 1 fully saturated rings. The molecule has 0 spiro atoms. The van der Waals surface area contributed by atoms with Crippen molar-refractivity contribution >= 4 is 37.3 Å². The summed E-state index contributed by atoms with van der Waals surface area (Å²) in [6.45, 7) is 2.51.